The second kappa shape index (κ2) is 8.13. The summed E-state index contributed by atoms with van der Waals surface area (Å²) in [5.41, 5.74) is 1.38. The first-order valence-corrected chi connectivity index (χ1v) is 6.39. The number of carbonyl (C=O) groups is 2. The van der Waals surface area contributed by atoms with E-state index in [-0.39, 0.29) is 11.9 Å². The van der Waals surface area contributed by atoms with Gasteiger partial charge in [-0.25, -0.2) is 0 Å². The highest BCUT2D eigenvalue weighted by Crippen LogP contribution is 2.13. The minimum Gasteiger partial charge on any atom is -0.466 e. The Labute approximate surface area is 113 Å². The highest BCUT2D eigenvalue weighted by atomic mass is 16.5. The van der Waals surface area contributed by atoms with Gasteiger partial charge >= 0.3 is 5.97 Å². The lowest BCUT2D eigenvalue weighted by Crippen LogP contribution is -2.25. The zero-order valence-corrected chi connectivity index (χ0v) is 11.4. The summed E-state index contributed by atoms with van der Waals surface area (Å²) in [5.74, 6) is -0.374. The molecule has 0 fully saturated rings. The van der Waals surface area contributed by atoms with E-state index in [2.05, 4.69) is 10.6 Å². The van der Waals surface area contributed by atoms with E-state index in [0.717, 1.165) is 5.69 Å². The van der Waals surface area contributed by atoms with Crippen LogP contribution in [-0.2, 0) is 9.53 Å². The maximum atomic E-state index is 11.9. The van der Waals surface area contributed by atoms with Crippen LogP contribution in [0.25, 0.3) is 0 Å². The van der Waals surface area contributed by atoms with E-state index < -0.39 is 0 Å². The Bertz CT molecular complexity index is 432. The smallest absolute Gasteiger partial charge is 0.305 e. The van der Waals surface area contributed by atoms with Crippen LogP contribution in [0.3, 0.4) is 0 Å². The average molecular weight is 264 g/mol. The van der Waals surface area contributed by atoms with Gasteiger partial charge in [0.15, 0.2) is 0 Å². The Balaban J connectivity index is 2.37. The van der Waals surface area contributed by atoms with E-state index in [1.54, 1.807) is 20.0 Å². The standard InChI is InChI=1S/C14H20N2O3/c1-3-19-13(17)9-6-10-16-14(18)11-7-4-5-8-12(11)15-2/h4-5,7-8,15H,3,6,9-10H2,1-2H3,(H,16,18). The molecule has 0 spiro atoms. The van der Waals surface area contributed by atoms with Crippen LogP contribution in [0.5, 0.6) is 0 Å². The quantitative estimate of drug-likeness (QED) is 0.582. The summed E-state index contributed by atoms with van der Waals surface area (Å²) in [6.45, 7) is 2.62. The number of hydrogen-bond donors (Lipinski definition) is 2. The predicted molar refractivity (Wildman–Crippen MR) is 74.2 cm³/mol. The van der Waals surface area contributed by atoms with E-state index in [9.17, 15) is 9.59 Å². The minimum absolute atomic E-state index is 0.145. The molecule has 5 nitrogen and oxygen atoms in total. The number of benzene rings is 1. The van der Waals surface area contributed by atoms with E-state index >= 15 is 0 Å². The Morgan fingerprint density at radius 1 is 1.26 bits per heavy atom. The van der Waals surface area contributed by atoms with Crippen molar-refractivity contribution in [1.29, 1.82) is 0 Å². The molecule has 0 saturated carbocycles. The van der Waals surface area contributed by atoms with Gasteiger partial charge in [0.05, 0.1) is 12.2 Å². The first-order valence-electron chi connectivity index (χ1n) is 6.39. The van der Waals surface area contributed by atoms with Gasteiger partial charge in [-0.1, -0.05) is 12.1 Å². The molecule has 19 heavy (non-hydrogen) atoms. The molecule has 0 aliphatic carbocycles. The summed E-state index contributed by atoms with van der Waals surface area (Å²) in [7, 11) is 1.77. The minimum atomic E-state index is -0.229. The molecule has 1 aromatic rings. The number of para-hydroxylation sites is 1. The van der Waals surface area contributed by atoms with Crippen LogP contribution in [-0.4, -0.2) is 32.1 Å². The Hall–Kier alpha value is -2.04. The molecule has 0 aliphatic rings. The molecule has 1 aromatic carbocycles. The fourth-order valence-electron chi connectivity index (χ4n) is 1.66. The first-order chi connectivity index (χ1) is 9.19. The molecule has 5 heteroatoms. The largest absolute Gasteiger partial charge is 0.466 e. The molecule has 0 atom stereocenters. The van der Waals surface area contributed by atoms with Gasteiger partial charge in [0.1, 0.15) is 0 Å². The molecule has 0 aromatic heterocycles. The van der Waals surface area contributed by atoms with Gasteiger partial charge in [0, 0.05) is 25.7 Å². The summed E-state index contributed by atoms with van der Waals surface area (Å²) >= 11 is 0. The Morgan fingerprint density at radius 3 is 2.68 bits per heavy atom. The number of nitrogens with one attached hydrogen (secondary N) is 2. The molecular weight excluding hydrogens is 244 g/mol. The summed E-state index contributed by atoms with van der Waals surface area (Å²) in [5, 5.41) is 5.75. The zero-order valence-electron chi connectivity index (χ0n) is 11.4. The predicted octanol–water partition coefficient (Wildman–Crippen LogP) is 1.80. The number of esters is 1. The lowest BCUT2D eigenvalue weighted by Gasteiger charge is -2.09. The third kappa shape index (κ3) is 4.99. The topological polar surface area (TPSA) is 67.4 Å². The molecule has 0 heterocycles. The highest BCUT2D eigenvalue weighted by Gasteiger charge is 2.09. The van der Waals surface area contributed by atoms with Crippen LogP contribution in [0.15, 0.2) is 24.3 Å². The van der Waals surface area contributed by atoms with Gasteiger partial charge in [-0.05, 0) is 25.5 Å². The van der Waals surface area contributed by atoms with Gasteiger partial charge in [0.2, 0.25) is 0 Å². The van der Waals surface area contributed by atoms with E-state index in [0.29, 0.717) is 31.6 Å². The molecule has 0 bridgehead atoms. The zero-order chi connectivity index (χ0) is 14.1. The second-order valence-corrected chi connectivity index (χ2v) is 3.96. The monoisotopic (exact) mass is 264 g/mol. The number of rotatable bonds is 7. The van der Waals surface area contributed by atoms with Crippen LogP contribution in [0.2, 0.25) is 0 Å². The Kier molecular flexibility index (Phi) is 6.43. The van der Waals surface area contributed by atoms with Crippen molar-refractivity contribution in [1.82, 2.24) is 5.32 Å². The number of anilines is 1. The third-order valence-electron chi connectivity index (χ3n) is 2.59. The van der Waals surface area contributed by atoms with Gasteiger partial charge in [0.25, 0.3) is 5.91 Å². The lowest BCUT2D eigenvalue weighted by molar-refractivity contribution is -0.143. The average Bonchev–Trinajstić information content (AvgIpc) is 2.43. The van der Waals surface area contributed by atoms with Crippen molar-refractivity contribution in [2.75, 3.05) is 25.5 Å². The summed E-state index contributed by atoms with van der Waals surface area (Å²) in [6, 6.07) is 7.28. The van der Waals surface area contributed by atoms with Gasteiger partial charge in [-0.15, -0.1) is 0 Å². The molecule has 1 rings (SSSR count). The number of hydrogen-bond acceptors (Lipinski definition) is 4. The van der Waals surface area contributed by atoms with Gasteiger partial charge in [-0.2, -0.15) is 0 Å². The van der Waals surface area contributed by atoms with Gasteiger partial charge < -0.3 is 15.4 Å². The highest BCUT2D eigenvalue weighted by molar-refractivity contribution is 5.99. The van der Waals surface area contributed by atoms with Crippen LogP contribution in [0.4, 0.5) is 5.69 Å². The molecule has 2 N–H and O–H groups in total. The summed E-state index contributed by atoms with van der Waals surface area (Å²) in [4.78, 5) is 23.0. The molecule has 104 valence electrons. The van der Waals surface area contributed by atoms with Crippen LogP contribution >= 0.6 is 0 Å². The van der Waals surface area contributed by atoms with Crippen molar-refractivity contribution < 1.29 is 14.3 Å². The van der Waals surface area contributed by atoms with Crippen LogP contribution in [0.1, 0.15) is 30.1 Å². The maximum Gasteiger partial charge on any atom is 0.305 e. The molecule has 0 unspecified atom stereocenters. The fraction of sp³-hybridized carbons (Fsp3) is 0.429. The van der Waals surface area contributed by atoms with Crippen molar-refractivity contribution in [2.45, 2.75) is 19.8 Å². The first kappa shape index (κ1) is 15.0. The van der Waals surface area contributed by atoms with E-state index in [4.69, 9.17) is 4.74 Å². The van der Waals surface area contributed by atoms with E-state index in [1.807, 2.05) is 18.2 Å². The molecule has 1 amide bonds. The third-order valence-corrected chi connectivity index (χ3v) is 2.59. The van der Waals surface area contributed by atoms with Crippen molar-refractivity contribution in [3.8, 4) is 0 Å². The molecule has 0 aliphatic heterocycles. The van der Waals surface area contributed by atoms with Crippen LogP contribution < -0.4 is 10.6 Å². The van der Waals surface area contributed by atoms with Crippen LogP contribution in [0, 0.1) is 0 Å². The number of ether oxygens (including phenoxy) is 1. The van der Waals surface area contributed by atoms with Crippen molar-refractivity contribution in [2.24, 2.45) is 0 Å². The van der Waals surface area contributed by atoms with Gasteiger partial charge in [-0.3, -0.25) is 9.59 Å². The summed E-state index contributed by atoms with van der Waals surface area (Å²) in [6.07, 6.45) is 0.897. The number of carbonyl (C=O) groups excluding carboxylic acids is 2. The Morgan fingerprint density at radius 2 is 2.00 bits per heavy atom. The van der Waals surface area contributed by atoms with E-state index in [1.165, 1.54) is 0 Å². The lowest BCUT2D eigenvalue weighted by atomic mass is 10.1. The normalized spacial score (nSPS) is 9.79. The summed E-state index contributed by atoms with van der Waals surface area (Å²) < 4.78 is 4.81. The number of amides is 1. The van der Waals surface area contributed by atoms with Crippen molar-refractivity contribution >= 4 is 17.6 Å². The fourth-order valence-corrected chi connectivity index (χ4v) is 1.66. The molecule has 0 saturated heterocycles. The van der Waals surface area contributed by atoms with Crippen molar-refractivity contribution in [3.05, 3.63) is 29.8 Å². The molecular formula is C14H20N2O3. The maximum absolute atomic E-state index is 11.9. The van der Waals surface area contributed by atoms with Crippen molar-refractivity contribution in [3.63, 3.8) is 0 Å². The second-order valence-electron chi connectivity index (χ2n) is 3.96. The molecule has 0 radical (unpaired) electrons. The SMILES string of the molecule is CCOC(=O)CCCNC(=O)c1ccccc1NC.